The van der Waals surface area contributed by atoms with Crippen LogP contribution in [0.1, 0.15) is 42.4 Å². The second-order valence-electron chi connectivity index (χ2n) is 7.64. The van der Waals surface area contributed by atoms with E-state index in [2.05, 4.69) is 4.90 Å². The molecule has 1 amide bonds. The quantitative estimate of drug-likeness (QED) is 0.750. The standard InChI is InChI=1S/C23H26N2O2.ClH/c26-23(27-21-16-24-13-10-18(21)11-14-24)25-15-12-17-6-4-5-9-20(17)22(25)19-7-2-1-3-8-19;/h1-9,18,21-22H,10-16H2;1H/t21-,22-;/m0./s1/i1D,2D,3D,7D,8D;. The zero-order valence-corrected chi connectivity index (χ0v) is 16.4. The Morgan fingerprint density at radius 1 is 1.07 bits per heavy atom. The number of hydrogen-bond acceptors (Lipinski definition) is 3. The molecule has 148 valence electrons. The third-order valence-electron chi connectivity index (χ3n) is 6.16. The Kier molecular flexibility index (Phi) is 4.08. The average Bonchev–Trinajstić information content (AvgIpc) is 2.82. The first-order valence-electron chi connectivity index (χ1n) is 12.2. The van der Waals surface area contributed by atoms with Crippen molar-refractivity contribution in [2.75, 3.05) is 26.2 Å². The van der Waals surface area contributed by atoms with E-state index in [0.29, 0.717) is 18.9 Å². The first-order chi connectivity index (χ1) is 15.4. The maximum Gasteiger partial charge on any atom is 0.410 e. The van der Waals surface area contributed by atoms with Gasteiger partial charge in [0.25, 0.3) is 0 Å². The van der Waals surface area contributed by atoms with Gasteiger partial charge in [-0.3, -0.25) is 9.80 Å². The molecular weight excluding hydrogens is 372 g/mol. The summed E-state index contributed by atoms with van der Waals surface area (Å²) in [4.78, 5) is 17.3. The number of halogens is 1. The number of carbonyl (C=O) groups is 1. The van der Waals surface area contributed by atoms with E-state index in [1.54, 1.807) is 4.90 Å². The number of amides is 1. The third kappa shape index (κ3) is 3.51. The Labute approximate surface area is 179 Å². The number of rotatable bonds is 2. The summed E-state index contributed by atoms with van der Waals surface area (Å²) in [6, 6.07) is 5.03. The van der Waals surface area contributed by atoms with E-state index >= 15 is 0 Å². The first-order valence-corrected chi connectivity index (χ1v) is 9.71. The van der Waals surface area contributed by atoms with Crippen LogP contribution in [-0.2, 0) is 11.2 Å². The molecular formula is C23H27ClN2O2. The number of piperidine rings is 3. The summed E-state index contributed by atoms with van der Waals surface area (Å²) in [5.74, 6) is 0.361. The molecule has 0 aromatic heterocycles. The lowest BCUT2D eigenvalue weighted by Crippen LogP contribution is -2.53. The molecule has 3 saturated heterocycles. The van der Waals surface area contributed by atoms with Gasteiger partial charge in [0.15, 0.2) is 0 Å². The molecule has 6 rings (SSSR count). The minimum atomic E-state index is -0.790. The molecule has 4 heterocycles. The lowest BCUT2D eigenvalue weighted by atomic mass is 9.86. The summed E-state index contributed by atoms with van der Waals surface area (Å²) in [6.07, 6.45) is 2.03. The number of fused-ring (bicyclic) bond motifs is 4. The smallest absolute Gasteiger partial charge is 0.410 e. The van der Waals surface area contributed by atoms with Crippen LogP contribution in [0.25, 0.3) is 0 Å². The molecule has 2 bridgehead atoms. The molecule has 2 aromatic rings. The van der Waals surface area contributed by atoms with Crippen LogP contribution in [0.4, 0.5) is 4.79 Å². The van der Waals surface area contributed by atoms with Gasteiger partial charge in [-0.05, 0) is 55.0 Å². The van der Waals surface area contributed by atoms with Gasteiger partial charge in [-0.15, -0.1) is 12.4 Å². The van der Waals surface area contributed by atoms with Gasteiger partial charge in [-0.2, -0.15) is 0 Å². The van der Waals surface area contributed by atoms with E-state index in [1.807, 2.05) is 24.3 Å². The van der Waals surface area contributed by atoms with Crippen LogP contribution in [0.5, 0.6) is 0 Å². The van der Waals surface area contributed by atoms with Gasteiger partial charge in [-0.1, -0.05) is 54.5 Å². The lowest BCUT2D eigenvalue weighted by Gasteiger charge is -2.45. The van der Waals surface area contributed by atoms with E-state index in [9.17, 15) is 4.79 Å². The summed E-state index contributed by atoms with van der Waals surface area (Å²) in [6.45, 7) is 3.19. The van der Waals surface area contributed by atoms with E-state index in [-0.39, 0.29) is 36.2 Å². The predicted octanol–water partition coefficient (Wildman–Crippen LogP) is 4.29. The van der Waals surface area contributed by atoms with Crippen molar-refractivity contribution in [3.8, 4) is 0 Å². The van der Waals surface area contributed by atoms with Crippen molar-refractivity contribution in [2.45, 2.75) is 31.4 Å². The molecule has 2 atom stereocenters. The van der Waals surface area contributed by atoms with Crippen molar-refractivity contribution in [3.63, 3.8) is 0 Å². The van der Waals surface area contributed by atoms with Crippen LogP contribution in [-0.4, -0.2) is 48.2 Å². The Balaban J connectivity index is 0.00000259. The van der Waals surface area contributed by atoms with Gasteiger partial charge in [0.05, 0.1) is 12.9 Å². The van der Waals surface area contributed by atoms with Crippen molar-refractivity contribution in [2.24, 2.45) is 5.92 Å². The van der Waals surface area contributed by atoms with E-state index in [4.69, 9.17) is 11.6 Å². The Bertz CT molecular complexity index is 1050. The molecule has 0 N–H and O–H groups in total. The van der Waals surface area contributed by atoms with Crippen molar-refractivity contribution in [1.29, 1.82) is 0 Å². The predicted molar refractivity (Wildman–Crippen MR) is 112 cm³/mol. The van der Waals surface area contributed by atoms with Crippen LogP contribution < -0.4 is 0 Å². The highest BCUT2D eigenvalue weighted by Gasteiger charge is 2.39. The molecule has 0 spiro atoms. The fourth-order valence-electron chi connectivity index (χ4n) is 4.71. The number of ether oxygens (including phenoxy) is 1. The molecule has 0 aliphatic carbocycles. The third-order valence-corrected chi connectivity index (χ3v) is 6.16. The Morgan fingerprint density at radius 3 is 2.54 bits per heavy atom. The first kappa shape index (κ1) is 14.0. The summed E-state index contributed by atoms with van der Waals surface area (Å²) in [7, 11) is 0. The summed E-state index contributed by atoms with van der Waals surface area (Å²) >= 11 is 0. The topological polar surface area (TPSA) is 32.8 Å². The fourth-order valence-corrected chi connectivity index (χ4v) is 4.71. The minimum Gasteiger partial charge on any atom is -0.444 e. The molecule has 0 unspecified atom stereocenters. The maximum absolute atomic E-state index is 13.4. The van der Waals surface area contributed by atoms with Gasteiger partial charge in [0.1, 0.15) is 6.10 Å². The second-order valence-corrected chi connectivity index (χ2v) is 7.64. The van der Waals surface area contributed by atoms with Gasteiger partial charge < -0.3 is 4.74 Å². The normalized spacial score (nSPS) is 30.7. The van der Waals surface area contributed by atoms with Crippen LogP contribution in [0.2, 0.25) is 0 Å². The van der Waals surface area contributed by atoms with Crippen LogP contribution in [0.3, 0.4) is 0 Å². The van der Waals surface area contributed by atoms with E-state index in [1.165, 1.54) is 0 Å². The summed E-state index contributed by atoms with van der Waals surface area (Å²) < 4.78 is 47.2. The van der Waals surface area contributed by atoms with Crippen LogP contribution in [0.15, 0.2) is 54.5 Å². The molecule has 4 nitrogen and oxygen atoms in total. The highest BCUT2D eigenvalue weighted by Crippen LogP contribution is 2.36. The molecule has 3 fully saturated rings. The molecule has 0 radical (unpaired) electrons. The molecule has 4 aliphatic heterocycles. The van der Waals surface area contributed by atoms with Crippen molar-refractivity contribution >= 4 is 18.5 Å². The van der Waals surface area contributed by atoms with Crippen LogP contribution >= 0.6 is 12.4 Å². The highest BCUT2D eigenvalue weighted by molar-refractivity contribution is 5.85. The van der Waals surface area contributed by atoms with E-state index in [0.717, 1.165) is 43.6 Å². The molecule has 0 saturated carbocycles. The van der Waals surface area contributed by atoms with Gasteiger partial charge in [0.2, 0.25) is 0 Å². The summed E-state index contributed by atoms with van der Waals surface area (Å²) in [5, 5.41) is 0. The Hall–Kier alpha value is -2.04. The van der Waals surface area contributed by atoms with Crippen molar-refractivity contribution in [3.05, 3.63) is 71.2 Å². The lowest BCUT2D eigenvalue weighted by molar-refractivity contribution is -0.0462. The van der Waals surface area contributed by atoms with Gasteiger partial charge in [0, 0.05) is 13.1 Å². The SMILES string of the molecule is Cl.[2H]c1c([2H])c([2H])c([C@H]2c3ccccc3CCN2C(=O)O[C@H]2CN3CCC2CC3)c([2H])c1[2H]. The monoisotopic (exact) mass is 403 g/mol. The average molecular weight is 404 g/mol. The molecule has 4 aliphatic rings. The van der Waals surface area contributed by atoms with Crippen LogP contribution in [0, 0.1) is 5.92 Å². The maximum atomic E-state index is 13.4. The molecule has 2 aromatic carbocycles. The number of nitrogens with zero attached hydrogens (tertiary/aromatic N) is 2. The van der Waals surface area contributed by atoms with Gasteiger partial charge >= 0.3 is 6.09 Å². The van der Waals surface area contributed by atoms with Crippen molar-refractivity contribution in [1.82, 2.24) is 9.80 Å². The number of benzene rings is 2. The minimum absolute atomic E-state index is 0. The number of carbonyl (C=O) groups excluding carboxylic acids is 1. The fraction of sp³-hybridized carbons (Fsp3) is 0.435. The zero-order chi connectivity index (χ0) is 22.6. The van der Waals surface area contributed by atoms with E-state index < -0.39 is 30.3 Å². The summed E-state index contributed by atoms with van der Waals surface area (Å²) in [5.41, 5.74) is 1.91. The zero-order valence-electron chi connectivity index (χ0n) is 20.6. The molecule has 28 heavy (non-hydrogen) atoms. The van der Waals surface area contributed by atoms with Crippen molar-refractivity contribution < 1.29 is 16.4 Å². The highest BCUT2D eigenvalue weighted by atomic mass is 35.5. The second kappa shape index (κ2) is 8.14. The number of hydrogen-bond donors (Lipinski definition) is 0. The Morgan fingerprint density at radius 2 is 1.82 bits per heavy atom. The van der Waals surface area contributed by atoms with Gasteiger partial charge in [-0.25, -0.2) is 4.79 Å². The largest absolute Gasteiger partial charge is 0.444 e. The molecule has 5 heteroatoms.